The molecule has 6 heterocycles. The fraction of sp³-hybridized carbons (Fsp3) is 0.0364. The Balaban J connectivity index is 0.000000113. The molecule has 0 bridgehead atoms. The zero-order chi connectivity index (χ0) is 78.5. The van der Waals surface area contributed by atoms with Gasteiger partial charge in [0.1, 0.15) is 0 Å². The van der Waals surface area contributed by atoms with Crippen molar-refractivity contribution in [3.63, 3.8) is 0 Å². The third kappa shape index (κ3) is 11.6. The number of nitrogens with zero attached hydrogens (tertiary/aromatic N) is 5. The molecule has 6 aliphatic rings. The minimum Gasteiger partial charge on any atom is -0.312 e. The lowest BCUT2D eigenvalue weighted by Crippen LogP contribution is -2.54. The number of rotatable bonds is 10. The van der Waals surface area contributed by atoms with Crippen LogP contribution in [0.5, 0.6) is 0 Å². The summed E-state index contributed by atoms with van der Waals surface area (Å²) in [6, 6.07) is 157. The van der Waals surface area contributed by atoms with Gasteiger partial charge in [-0.2, -0.15) is 0 Å². The van der Waals surface area contributed by atoms with E-state index in [4.69, 9.17) is 0 Å². The van der Waals surface area contributed by atoms with Gasteiger partial charge in [-0.3, -0.25) is 0 Å². The van der Waals surface area contributed by atoms with Crippen LogP contribution < -0.4 is 73.7 Å². The van der Waals surface area contributed by atoms with Gasteiger partial charge in [0.25, 0.3) is 0 Å². The molecule has 118 heavy (non-hydrogen) atoms. The first-order valence-electron chi connectivity index (χ1n) is 41.2. The van der Waals surface area contributed by atoms with Gasteiger partial charge in [0, 0.05) is 85.0 Å². The van der Waals surface area contributed by atoms with Crippen molar-refractivity contribution < 1.29 is 0 Å². The molecule has 0 spiro atoms. The Morgan fingerprint density at radius 2 is 0.593 bits per heavy atom. The average Bonchev–Trinajstić information content (AvgIpc) is 1.55. The van der Waals surface area contributed by atoms with E-state index in [-0.39, 0.29) is 18.8 Å². The molecule has 18 aromatic rings. The lowest BCUT2D eigenvalue weighted by molar-refractivity contribution is 0.590. The topological polar surface area (TPSA) is 16.2 Å². The average molecular weight is 1500 g/mol. The van der Waals surface area contributed by atoms with E-state index in [1.165, 1.54) is 167 Å². The predicted octanol–water partition coefficient (Wildman–Crippen LogP) is 23.0. The zero-order valence-corrected chi connectivity index (χ0v) is 66.0. The summed E-state index contributed by atoms with van der Waals surface area (Å²) in [6.45, 7) is 7.51. The van der Waals surface area contributed by atoms with Crippen LogP contribution in [0.4, 0.5) is 85.3 Å². The molecular weight excluding hydrogens is 1420 g/mol. The van der Waals surface area contributed by atoms with Crippen molar-refractivity contribution in [2.75, 3.05) is 24.5 Å². The van der Waals surface area contributed by atoms with Crippen LogP contribution in [0.3, 0.4) is 0 Å². The van der Waals surface area contributed by atoms with Crippen LogP contribution >= 0.6 is 0 Å². The van der Waals surface area contributed by atoms with Crippen LogP contribution in [0.2, 0.25) is 0 Å². The van der Waals surface area contributed by atoms with Crippen molar-refractivity contribution >= 4 is 165 Å². The summed E-state index contributed by atoms with van der Waals surface area (Å²) < 4.78 is 0. The summed E-state index contributed by atoms with van der Waals surface area (Å²) in [6.07, 6.45) is 0. The molecule has 0 N–H and O–H groups in total. The summed E-state index contributed by atoms with van der Waals surface area (Å²) in [5.74, 6) is 0. The normalized spacial score (nSPS) is 12.8. The zero-order valence-electron chi connectivity index (χ0n) is 66.0. The summed E-state index contributed by atoms with van der Waals surface area (Å²) in [4.78, 5) is 12.1. The van der Waals surface area contributed by atoms with E-state index in [9.17, 15) is 0 Å². The van der Waals surface area contributed by atoms with Crippen molar-refractivity contribution in [2.45, 2.75) is 26.2 Å². The molecule has 18 aromatic carbocycles. The molecule has 0 aromatic heterocycles. The molecule has 0 aliphatic carbocycles. The second-order valence-electron chi connectivity index (χ2n) is 32.6. The van der Waals surface area contributed by atoms with Crippen LogP contribution in [0.1, 0.15) is 26.3 Å². The Kier molecular flexibility index (Phi) is 17.1. The molecule has 5 nitrogen and oxygen atoms in total. The lowest BCUT2D eigenvalue weighted by atomic mass is 9.37. The first-order valence-corrected chi connectivity index (χ1v) is 41.2. The first-order chi connectivity index (χ1) is 58.3. The smallest absolute Gasteiger partial charge is 0.248 e. The second kappa shape index (κ2) is 28.7. The van der Waals surface area contributed by atoms with Gasteiger partial charge in [-0.25, -0.2) is 0 Å². The summed E-state index contributed by atoms with van der Waals surface area (Å²) in [5, 5.41) is 2.46. The SMILES string of the molecule is CC(C)(C)c1ccc(-c2ccc3c(c2)N(c2ccccc2)c2cccc4c2B3c2ccc(N(c3ccccc3)c3cccc5ccccc35)cc2-4)cc1.c1ccc(N(c2ccccc2)c2cc3c4c(c2)N(c2ccccc2)c2ccccc2B4c2ccccc2-3)cc1.c1ccc(N2c3ccccc3B3c4ccccc4-c4cccc2c43)cc1. The van der Waals surface area contributed by atoms with Crippen LogP contribution in [-0.4, -0.2) is 20.1 Å². The van der Waals surface area contributed by atoms with E-state index < -0.39 is 0 Å². The molecule has 6 aliphatic heterocycles. The first kappa shape index (κ1) is 70.1. The van der Waals surface area contributed by atoms with Crippen molar-refractivity contribution in [1.29, 1.82) is 0 Å². The van der Waals surface area contributed by atoms with E-state index in [1.807, 2.05) is 0 Å². The highest BCUT2D eigenvalue weighted by Gasteiger charge is 2.46. The number of benzene rings is 18. The number of anilines is 15. The van der Waals surface area contributed by atoms with Crippen LogP contribution in [-0.2, 0) is 5.41 Å². The fourth-order valence-corrected chi connectivity index (χ4v) is 19.8. The van der Waals surface area contributed by atoms with Gasteiger partial charge >= 0.3 is 0 Å². The van der Waals surface area contributed by atoms with Crippen LogP contribution in [0.25, 0.3) is 55.3 Å². The Morgan fingerprint density at radius 1 is 0.220 bits per heavy atom. The lowest BCUT2D eigenvalue weighted by Gasteiger charge is -2.37. The molecule has 0 radical (unpaired) electrons. The molecule has 0 fully saturated rings. The fourth-order valence-electron chi connectivity index (χ4n) is 19.8. The molecule has 8 heteroatoms. The maximum absolute atomic E-state index is 2.48. The third-order valence-corrected chi connectivity index (χ3v) is 24.9. The highest BCUT2D eigenvalue weighted by molar-refractivity contribution is 7.03. The number of para-hydroxylation sites is 8. The van der Waals surface area contributed by atoms with E-state index in [2.05, 4.69) is 476 Å². The second-order valence-corrected chi connectivity index (χ2v) is 32.6. The predicted molar refractivity (Wildman–Crippen MR) is 505 cm³/mol. The Labute approximate surface area is 692 Å². The summed E-state index contributed by atoms with van der Waals surface area (Å²) >= 11 is 0. The molecule has 0 unspecified atom stereocenters. The Hall–Kier alpha value is -14.6. The quantitative estimate of drug-likeness (QED) is 0.127. The molecule has 24 rings (SSSR count). The van der Waals surface area contributed by atoms with Gasteiger partial charge < -0.3 is 24.5 Å². The van der Waals surface area contributed by atoms with Gasteiger partial charge in [-0.15, -0.1) is 0 Å². The molecule has 0 atom stereocenters. The minimum absolute atomic E-state index is 0.114. The minimum atomic E-state index is 0.114. The Morgan fingerprint density at radius 3 is 1.14 bits per heavy atom. The van der Waals surface area contributed by atoms with Gasteiger partial charge in [-0.1, -0.05) is 334 Å². The van der Waals surface area contributed by atoms with Crippen molar-refractivity contribution in [1.82, 2.24) is 0 Å². The monoisotopic (exact) mass is 1500 g/mol. The van der Waals surface area contributed by atoms with Crippen LogP contribution in [0, 0.1) is 0 Å². The highest BCUT2D eigenvalue weighted by atomic mass is 15.2. The van der Waals surface area contributed by atoms with Crippen LogP contribution in [0.15, 0.2) is 431 Å². The Bertz CT molecular complexity index is 6840. The molecule has 0 saturated carbocycles. The molecule has 554 valence electrons. The molecule has 0 saturated heterocycles. The van der Waals surface area contributed by atoms with Crippen molar-refractivity contribution in [3.8, 4) is 44.5 Å². The molecular formula is C110H80B3N5. The standard InChI is InChI=1S/C50H39BN2.C36H25BN2.C24H16BN/c1-50(2,3)37-27-24-34(25-28-37)36-26-30-45-48(32-36)53(39-18-8-5-9-19-39)47-23-13-21-42-43-33-40(29-31-44(43)51(45)49(42)47)52(38-16-6-4-7-17-38)46-22-12-15-35-14-10-11-20-41(35)46;1-4-14-26(15-5-1)38(27-16-6-2-7-17-27)29-24-31-30-20-10-11-21-32(30)37-33-22-12-13-23-34(33)39(35(25-29)36(31)37)28-18-8-3-9-19-28;1-2-9-17(10-3-1)26-22-15-7-6-14-21(22)25-20-13-5-4-11-18(20)19-12-8-16-23(26)24(19)25/h4-33H,1-3H3;1-25H;1-16H. The number of hydrogen-bond acceptors (Lipinski definition) is 5. The van der Waals surface area contributed by atoms with Gasteiger partial charge in [0.15, 0.2) is 0 Å². The summed E-state index contributed by atoms with van der Waals surface area (Å²) in [5.41, 5.74) is 42.4. The van der Waals surface area contributed by atoms with E-state index in [1.54, 1.807) is 0 Å². The highest BCUT2D eigenvalue weighted by Crippen LogP contribution is 2.49. The van der Waals surface area contributed by atoms with E-state index in [0.717, 1.165) is 28.4 Å². The van der Waals surface area contributed by atoms with E-state index >= 15 is 0 Å². The maximum Gasteiger partial charge on any atom is 0.248 e. The molecule has 0 amide bonds. The van der Waals surface area contributed by atoms with Gasteiger partial charge in [0.05, 0.1) is 5.69 Å². The number of hydrogen-bond donors (Lipinski definition) is 0. The number of fused-ring (bicyclic) bond motifs is 16. The van der Waals surface area contributed by atoms with Gasteiger partial charge in [0.2, 0.25) is 20.1 Å². The largest absolute Gasteiger partial charge is 0.312 e. The summed E-state index contributed by atoms with van der Waals surface area (Å²) in [7, 11) is 0. The van der Waals surface area contributed by atoms with Crippen molar-refractivity contribution in [2.24, 2.45) is 0 Å². The maximum atomic E-state index is 2.48. The van der Waals surface area contributed by atoms with Gasteiger partial charge in [-0.05, 0) is 227 Å². The van der Waals surface area contributed by atoms with Crippen molar-refractivity contribution in [3.05, 3.63) is 436 Å². The van der Waals surface area contributed by atoms with E-state index in [0.29, 0.717) is 6.71 Å². The third-order valence-electron chi connectivity index (χ3n) is 24.9.